The van der Waals surface area contributed by atoms with Crippen molar-refractivity contribution in [1.29, 1.82) is 0 Å². The molecule has 0 aliphatic carbocycles. The van der Waals surface area contributed by atoms with Crippen LogP contribution in [0.2, 0.25) is 0 Å². The van der Waals surface area contributed by atoms with E-state index in [1.165, 1.54) is 13.8 Å². The Morgan fingerprint density at radius 3 is 1.48 bits per heavy atom. The Bertz CT molecular complexity index is 1860. The molecule has 0 bridgehead atoms. The standard InChI is InChI=1S/C41H62N12O9/c1-22(2)32(39(61)49-27(16-11-19-47-41(45)46)36(58)50-29(34(44)56)20-25-12-7-5-8-13-25)52-38(60)30(21-26-14-9-6-10-15-26)51-40(62)33(24(4)54)53-37(59)28(17-18-31(43)55)48-35(57)23(3)42/h5-10,12-15,22-24,27-30,32-33,54H,11,16-21,42H2,1-4H3,(H2,43,55)(H2,44,56)(H,48,57)(H,49,61)(H,50,58)(H,51,62)(H,52,60)(H,53,59)(H4,45,46,47)/t23-,24+,27-,28-,29-,30-,32-,33-/m0/s1. The molecule has 62 heavy (non-hydrogen) atoms. The first-order valence-electron chi connectivity index (χ1n) is 20.2. The molecule has 0 heterocycles. The summed E-state index contributed by atoms with van der Waals surface area (Å²) in [4.78, 5) is 109. The lowest BCUT2D eigenvalue weighted by molar-refractivity contribution is -0.137. The number of guanidine groups is 1. The lowest BCUT2D eigenvalue weighted by Crippen LogP contribution is -2.62. The summed E-state index contributed by atoms with van der Waals surface area (Å²) >= 11 is 0. The Hall–Kier alpha value is -6.61. The van der Waals surface area contributed by atoms with Gasteiger partial charge in [0.2, 0.25) is 47.3 Å². The summed E-state index contributed by atoms with van der Waals surface area (Å²) in [5, 5.41) is 25.9. The van der Waals surface area contributed by atoms with Gasteiger partial charge in [0.1, 0.15) is 36.3 Å². The second-order valence-corrected chi connectivity index (χ2v) is 15.2. The van der Waals surface area contributed by atoms with Crippen molar-refractivity contribution in [2.45, 2.75) is 115 Å². The number of nitrogens with two attached hydrogens (primary N) is 5. The minimum absolute atomic E-state index is 0.0153. The van der Waals surface area contributed by atoms with Gasteiger partial charge >= 0.3 is 0 Å². The van der Waals surface area contributed by atoms with Crippen LogP contribution in [-0.4, -0.2) is 113 Å². The van der Waals surface area contributed by atoms with Crippen LogP contribution in [0.1, 0.15) is 64.5 Å². The van der Waals surface area contributed by atoms with Crippen LogP contribution in [0.15, 0.2) is 65.7 Å². The quantitative estimate of drug-likeness (QED) is 0.0250. The van der Waals surface area contributed by atoms with Crippen LogP contribution >= 0.6 is 0 Å². The third-order valence-corrected chi connectivity index (χ3v) is 9.47. The number of primary amides is 2. The van der Waals surface area contributed by atoms with Gasteiger partial charge in [0.05, 0.1) is 12.1 Å². The number of carbonyl (C=O) groups is 8. The van der Waals surface area contributed by atoms with Gasteiger partial charge in [0.25, 0.3) is 0 Å². The van der Waals surface area contributed by atoms with Crippen molar-refractivity contribution in [1.82, 2.24) is 31.9 Å². The number of nitrogens with one attached hydrogen (secondary N) is 6. The second-order valence-electron chi connectivity index (χ2n) is 15.2. The molecule has 2 aromatic carbocycles. The third kappa shape index (κ3) is 18.3. The van der Waals surface area contributed by atoms with E-state index in [0.29, 0.717) is 5.56 Å². The minimum Gasteiger partial charge on any atom is -0.391 e. The number of amides is 8. The van der Waals surface area contributed by atoms with Gasteiger partial charge < -0.3 is 65.7 Å². The van der Waals surface area contributed by atoms with E-state index < -0.39 is 102 Å². The van der Waals surface area contributed by atoms with E-state index in [1.54, 1.807) is 74.5 Å². The number of benzene rings is 2. The topological polar surface area (TPSA) is 371 Å². The summed E-state index contributed by atoms with van der Waals surface area (Å²) in [5.74, 6) is -7.34. The fourth-order valence-corrected chi connectivity index (χ4v) is 6.01. The van der Waals surface area contributed by atoms with Crippen molar-refractivity contribution >= 4 is 53.2 Å². The molecule has 0 aliphatic rings. The number of rotatable bonds is 26. The number of nitrogens with zero attached hydrogens (tertiary/aromatic N) is 1. The Kier molecular flexibility index (Phi) is 21.5. The van der Waals surface area contributed by atoms with Gasteiger partial charge in [-0.25, -0.2) is 0 Å². The highest BCUT2D eigenvalue weighted by molar-refractivity contribution is 5.97. The van der Waals surface area contributed by atoms with Crippen molar-refractivity contribution in [3.05, 3.63) is 71.8 Å². The van der Waals surface area contributed by atoms with E-state index in [9.17, 15) is 43.5 Å². The zero-order chi connectivity index (χ0) is 46.5. The number of aliphatic hydroxyl groups is 1. The van der Waals surface area contributed by atoms with Crippen LogP contribution in [0, 0.1) is 5.92 Å². The van der Waals surface area contributed by atoms with E-state index in [0.717, 1.165) is 5.56 Å². The average Bonchev–Trinajstić information content (AvgIpc) is 3.20. The molecular weight excluding hydrogens is 805 g/mol. The molecule has 340 valence electrons. The molecule has 21 heteroatoms. The molecule has 0 aliphatic heterocycles. The number of aliphatic imine (C=N–C) groups is 1. The molecule has 2 rings (SSSR count). The maximum atomic E-state index is 14.1. The highest BCUT2D eigenvalue weighted by atomic mass is 16.3. The predicted octanol–water partition coefficient (Wildman–Crippen LogP) is -3.43. The molecular formula is C41H62N12O9. The summed E-state index contributed by atoms with van der Waals surface area (Å²) in [6.45, 7) is 5.98. The summed E-state index contributed by atoms with van der Waals surface area (Å²) in [7, 11) is 0. The first kappa shape index (κ1) is 51.5. The smallest absolute Gasteiger partial charge is 0.245 e. The van der Waals surface area contributed by atoms with Crippen LogP contribution in [0.25, 0.3) is 0 Å². The molecule has 17 N–H and O–H groups in total. The highest BCUT2D eigenvalue weighted by Gasteiger charge is 2.35. The van der Waals surface area contributed by atoms with Crippen LogP contribution in [0.3, 0.4) is 0 Å². The first-order valence-corrected chi connectivity index (χ1v) is 20.2. The monoisotopic (exact) mass is 866 g/mol. The maximum Gasteiger partial charge on any atom is 0.245 e. The zero-order valence-corrected chi connectivity index (χ0v) is 35.5. The molecule has 8 atom stereocenters. The van der Waals surface area contributed by atoms with Gasteiger partial charge in [-0.1, -0.05) is 74.5 Å². The van der Waals surface area contributed by atoms with E-state index in [1.807, 2.05) is 0 Å². The maximum absolute atomic E-state index is 14.1. The fraction of sp³-hybridized carbons (Fsp3) is 0.488. The Balaban J connectivity index is 2.38. The van der Waals surface area contributed by atoms with Crippen molar-refractivity contribution in [2.24, 2.45) is 39.6 Å². The van der Waals surface area contributed by atoms with E-state index in [-0.39, 0.29) is 51.0 Å². The molecule has 0 radical (unpaired) electrons. The molecule has 0 aromatic heterocycles. The largest absolute Gasteiger partial charge is 0.391 e. The van der Waals surface area contributed by atoms with Gasteiger partial charge in [-0.3, -0.25) is 43.3 Å². The lowest BCUT2D eigenvalue weighted by Gasteiger charge is -2.29. The number of carbonyl (C=O) groups excluding carboxylic acids is 8. The first-order chi connectivity index (χ1) is 29.2. The Morgan fingerprint density at radius 2 is 1.00 bits per heavy atom. The van der Waals surface area contributed by atoms with Crippen molar-refractivity contribution in [3.63, 3.8) is 0 Å². The van der Waals surface area contributed by atoms with Gasteiger partial charge in [0.15, 0.2) is 5.96 Å². The summed E-state index contributed by atoms with van der Waals surface area (Å²) < 4.78 is 0. The van der Waals surface area contributed by atoms with Crippen LogP contribution in [-0.2, 0) is 51.2 Å². The molecule has 0 saturated carbocycles. The number of aliphatic hydroxyl groups excluding tert-OH is 1. The van der Waals surface area contributed by atoms with E-state index in [2.05, 4.69) is 36.9 Å². The second kappa shape index (κ2) is 25.9. The number of hydrogen-bond donors (Lipinski definition) is 12. The minimum atomic E-state index is -1.68. The van der Waals surface area contributed by atoms with Crippen molar-refractivity contribution in [2.75, 3.05) is 6.54 Å². The Morgan fingerprint density at radius 1 is 0.565 bits per heavy atom. The Labute approximate surface area is 360 Å². The molecule has 0 unspecified atom stereocenters. The molecule has 0 saturated heterocycles. The molecule has 0 fully saturated rings. The van der Waals surface area contributed by atoms with Gasteiger partial charge in [-0.05, 0) is 50.2 Å². The predicted molar refractivity (Wildman–Crippen MR) is 230 cm³/mol. The van der Waals surface area contributed by atoms with Crippen LogP contribution in [0.4, 0.5) is 0 Å². The van der Waals surface area contributed by atoms with E-state index >= 15 is 0 Å². The average molecular weight is 867 g/mol. The van der Waals surface area contributed by atoms with Crippen molar-refractivity contribution < 1.29 is 43.5 Å². The SMILES string of the molecule is CC(C)[C@H](NC(=O)[C@H](Cc1ccccc1)NC(=O)[C@@H](NC(=O)[C@H](CCC(N)=O)NC(=O)[C@H](C)N)[C@@H](C)O)C(=O)N[C@@H](CCCN=C(N)N)C(=O)N[C@@H](Cc1ccccc1)C(N)=O. The summed E-state index contributed by atoms with van der Waals surface area (Å²) in [6, 6.07) is 8.26. The summed E-state index contributed by atoms with van der Waals surface area (Å²) in [5.41, 5.74) is 28.7. The van der Waals surface area contributed by atoms with Gasteiger partial charge in [-0.2, -0.15) is 0 Å². The summed E-state index contributed by atoms with van der Waals surface area (Å²) in [6.07, 6.45) is -1.88. The third-order valence-electron chi connectivity index (χ3n) is 9.47. The normalized spacial score (nSPS) is 14.8. The fourth-order valence-electron chi connectivity index (χ4n) is 6.01. The molecule has 21 nitrogen and oxygen atoms in total. The number of hydrogen-bond acceptors (Lipinski definition) is 11. The van der Waals surface area contributed by atoms with Crippen LogP contribution < -0.4 is 60.6 Å². The van der Waals surface area contributed by atoms with Gasteiger partial charge in [0, 0.05) is 25.8 Å². The van der Waals surface area contributed by atoms with Crippen molar-refractivity contribution in [3.8, 4) is 0 Å². The van der Waals surface area contributed by atoms with Gasteiger partial charge in [-0.15, -0.1) is 0 Å². The molecule has 8 amide bonds. The highest BCUT2D eigenvalue weighted by Crippen LogP contribution is 2.11. The van der Waals surface area contributed by atoms with Crippen LogP contribution in [0.5, 0.6) is 0 Å². The molecule has 0 spiro atoms. The molecule has 2 aromatic rings. The van der Waals surface area contributed by atoms with E-state index in [4.69, 9.17) is 28.7 Å². The zero-order valence-electron chi connectivity index (χ0n) is 35.5. The lowest BCUT2D eigenvalue weighted by atomic mass is 9.99.